The first-order valence-electron chi connectivity index (χ1n) is 29.9. The second kappa shape index (κ2) is 22.6. The molecule has 16 bridgehead atoms. The molecule has 0 aliphatic carbocycles. The van der Waals surface area contributed by atoms with Crippen molar-refractivity contribution in [1.82, 2.24) is 79.7 Å². The zero-order chi connectivity index (χ0) is 58.4. The number of fused-ring (bicyclic) bond motifs is 40. The highest BCUT2D eigenvalue weighted by Crippen LogP contribution is 2.40. The van der Waals surface area contributed by atoms with Crippen molar-refractivity contribution in [2.24, 2.45) is 0 Å². The van der Waals surface area contributed by atoms with E-state index in [4.69, 9.17) is 59.8 Å². The maximum absolute atomic E-state index is 5.18. The van der Waals surface area contributed by atoms with E-state index in [1.54, 1.807) is 0 Å². The average Bonchev–Trinajstić information content (AvgIpc) is 1.85. The zero-order valence-corrected chi connectivity index (χ0v) is 50.4. The van der Waals surface area contributed by atoms with Crippen LogP contribution in [0, 0.1) is 0 Å². The molecule has 8 aromatic carbocycles. The molecule has 436 valence electrons. The van der Waals surface area contributed by atoms with Gasteiger partial charge in [0, 0.05) is 87.6 Å². The molecule has 0 saturated heterocycles. The summed E-state index contributed by atoms with van der Waals surface area (Å²) in [6.45, 7) is 4.43. The largest absolute Gasteiger partial charge is 0.324 e. The second-order valence-corrected chi connectivity index (χ2v) is 22.4. The van der Waals surface area contributed by atoms with Crippen LogP contribution in [0.5, 0.6) is 0 Å². The topological polar surface area (TPSA) is 218 Å². The Bertz CT molecular complexity index is 5250. The molecule has 4 aliphatic rings. The molecule has 18 heteroatoms. The third-order valence-corrected chi connectivity index (χ3v) is 16.9. The number of hydrogen-bond acceptors (Lipinski definition) is 12. The molecule has 16 nitrogen and oxygen atoms in total. The lowest BCUT2D eigenvalue weighted by molar-refractivity contribution is 0.799. The van der Waals surface area contributed by atoms with E-state index in [1.165, 1.54) is 11.1 Å². The van der Waals surface area contributed by atoms with Crippen LogP contribution in [-0.2, 0) is 12.8 Å². The quantitative estimate of drug-likeness (QED) is 0.122. The molecule has 90 heavy (non-hydrogen) atoms. The number of aryl methyl sites for hydroxylation is 2. The minimum atomic E-state index is 0. The Hall–Kier alpha value is -10.9. The summed E-state index contributed by atoms with van der Waals surface area (Å²) in [6, 6.07) is 61.5. The van der Waals surface area contributed by atoms with Crippen LogP contribution in [0.1, 0.15) is 50.7 Å². The van der Waals surface area contributed by atoms with Gasteiger partial charge in [-0.05, 0) is 36.8 Å². The van der Waals surface area contributed by atoms with Crippen molar-refractivity contribution in [2.75, 3.05) is 0 Å². The number of halogens is 2. The fraction of sp³-hybridized carbons (Fsp3) is 0.111. The first-order valence-corrected chi connectivity index (χ1v) is 29.9. The first kappa shape index (κ1) is 55.6. The van der Waals surface area contributed by atoms with E-state index in [2.05, 4.69) is 94.4 Å². The minimum Gasteiger partial charge on any atom is -0.324 e. The SMILES string of the molecule is CCCCc1cccc2c3nc4nc(nc5[nH]c(nc6nc(nc([nH]3)c12)-c1ccccc1-6)c1ccccc51)-c1ccccc1-4.CCCCc1cccc2c3nc4nc(nc5[nH]c(nc6nc(nc([nH]3)c12)-c1ccccc1-6)c1ccccc51)-c1ccccc1-4.Cl.Cl. The fourth-order valence-electron chi connectivity index (χ4n) is 12.7. The van der Waals surface area contributed by atoms with Crippen LogP contribution in [0.2, 0.25) is 0 Å². The molecular weight excluding hydrogens is 1160 g/mol. The summed E-state index contributed by atoms with van der Waals surface area (Å²) in [5, 5.41) is 7.98. The summed E-state index contributed by atoms with van der Waals surface area (Å²) in [5.41, 5.74) is 15.6. The summed E-state index contributed by atoms with van der Waals surface area (Å²) in [4.78, 5) is 74.9. The monoisotopic (exact) mass is 1210 g/mol. The Morgan fingerprint density at radius 3 is 0.700 bits per heavy atom. The van der Waals surface area contributed by atoms with Crippen molar-refractivity contribution in [3.8, 4) is 91.1 Å². The van der Waals surface area contributed by atoms with Gasteiger partial charge in [-0.3, -0.25) is 0 Å². The van der Waals surface area contributed by atoms with Gasteiger partial charge >= 0.3 is 0 Å². The van der Waals surface area contributed by atoms with Crippen molar-refractivity contribution in [3.63, 3.8) is 0 Å². The van der Waals surface area contributed by atoms with E-state index in [0.29, 0.717) is 80.5 Å². The molecule has 0 radical (unpaired) electrons. The van der Waals surface area contributed by atoms with Crippen LogP contribution >= 0.6 is 24.8 Å². The van der Waals surface area contributed by atoms with E-state index in [0.717, 1.165) is 137 Å². The molecule has 0 atom stereocenters. The predicted octanol–water partition coefficient (Wildman–Crippen LogP) is 17.3. The van der Waals surface area contributed by atoms with Crippen molar-refractivity contribution >= 4 is 113 Å². The molecule has 0 fully saturated rings. The summed E-state index contributed by atoms with van der Waals surface area (Å²) in [7, 11) is 0. The zero-order valence-electron chi connectivity index (χ0n) is 48.7. The molecule has 4 N–H and O–H groups in total. The molecule has 0 spiro atoms. The Labute approximate surface area is 526 Å². The third kappa shape index (κ3) is 9.29. The predicted molar refractivity (Wildman–Crippen MR) is 364 cm³/mol. The highest BCUT2D eigenvalue weighted by Gasteiger charge is 2.25. The average molecular weight is 1210 g/mol. The number of aromatic amines is 4. The Morgan fingerprint density at radius 1 is 0.233 bits per heavy atom. The van der Waals surface area contributed by atoms with Crippen LogP contribution in [0.15, 0.2) is 182 Å². The number of H-pyrrole nitrogens is 4. The van der Waals surface area contributed by atoms with Gasteiger partial charge in [0.25, 0.3) is 0 Å². The standard InChI is InChI=1S/2C36H26N8.2ClH/c2*1-2-3-11-20-12-10-19-27-28(20)36-43-34-26-18-9-8-17-25(26)32(41-34)39-30-22-14-5-4-13-21(22)29(37-30)38-31-23-15-6-7-16-24(23)33(40-31)42-35(27)44-36;;/h2*4-10,12-19H,2-3,11H2,1H3,(H2,37,38,39,40,41,42,43,44);2*1H. The third-order valence-electron chi connectivity index (χ3n) is 16.9. The van der Waals surface area contributed by atoms with Gasteiger partial charge in [0.05, 0.1) is 0 Å². The van der Waals surface area contributed by atoms with Crippen molar-refractivity contribution < 1.29 is 0 Å². The van der Waals surface area contributed by atoms with E-state index < -0.39 is 0 Å². The maximum atomic E-state index is 5.18. The number of nitrogens with one attached hydrogen (secondary N) is 4. The fourth-order valence-corrected chi connectivity index (χ4v) is 12.7. The van der Waals surface area contributed by atoms with Crippen LogP contribution in [0.3, 0.4) is 0 Å². The summed E-state index contributed by atoms with van der Waals surface area (Å²) < 4.78 is 0. The number of unbranched alkanes of at least 4 members (excludes halogenated alkanes) is 2. The van der Waals surface area contributed by atoms with Gasteiger partial charge in [0.1, 0.15) is 45.2 Å². The van der Waals surface area contributed by atoms with Gasteiger partial charge in [-0.1, -0.05) is 209 Å². The van der Waals surface area contributed by atoms with Gasteiger partial charge in [-0.15, -0.1) is 24.8 Å². The van der Waals surface area contributed by atoms with Crippen molar-refractivity contribution in [1.29, 1.82) is 0 Å². The highest BCUT2D eigenvalue weighted by molar-refractivity contribution is 6.09. The molecule has 4 aliphatic heterocycles. The highest BCUT2D eigenvalue weighted by atomic mass is 35.5. The normalized spacial score (nSPS) is 11.8. The summed E-state index contributed by atoms with van der Waals surface area (Å²) >= 11 is 0. The van der Waals surface area contributed by atoms with E-state index >= 15 is 0 Å². The molecule has 0 unspecified atom stereocenters. The van der Waals surface area contributed by atoms with Gasteiger partial charge in [-0.25, -0.2) is 59.8 Å². The molecule has 18 rings (SSSR count). The van der Waals surface area contributed by atoms with E-state index in [-0.39, 0.29) is 24.8 Å². The van der Waals surface area contributed by atoms with Gasteiger partial charge in [-0.2, -0.15) is 0 Å². The van der Waals surface area contributed by atoms with Gasteiger partial charge in [0.2, 0.25) is 0 Å². The Kier molecular flexibility index (Phi) is 14.0. The first-order chi connectivity index (χ1) is 43.5. The van der Waals surface area contributed by atoms with Crippen LogP contribution in [0.25, 0.3) is 179 Å². The second-order valence-electron chi connectivity index (χ2n) is 22.4. The number of hydrogen-bond donors (Lipinski definition) is 4. The molecule has 14 aromatic rings. The molecule has 10 heterocycles. The summed E-state index contributed by atoms with van der Waals surface area (Å²) in [6.07, 6.45) is 6.29. The molecule has 0 saturated carbocycles. The van der Waals surface area contributed by atoms with Crippen LogP contribution < -0.4 is 0 Å². The molecular formula is C72H54Cl2N16. The van der Waals surface area contributed by atoms with Gasteiger partial charge < -0.3 is 19.9 Å². The number of benzene rings is 8. The smallest absolute Gasteiger partial charge is 0.164 e. The van der Waals surface area contributed by atoms with Crippen LogP contribution in [-0.4, -0.2) is 79.7 Å². The maximum Gasteiger partial charge on any atom is 0.164 e. The number of rotatable bonds is 6. The van der Waals surface area contributed by atoms with Crippen molar-refractivity contribution in [3.05, 3.63) is 193 Å². The van der Waals surface area contributed by atoms with Gasteiger partial charge in [0.15, 0.2) is 46.6 Å². The minimum absolute atomic E-state index is 0. The number of nitrogens with zero attached hydrogens (tertiary/aromatic N) is 12. The van der Waals surface area contributed by atoms with E-state index in [9.17, 15) is 0 Å². The number of aromatic nitrogens is 16. The molecule has 0 amide bonds. The Balaban J connectivity index is 0.000000147. The van der Waals surface area contributed by atoms with E-state index in [1.807, 2.05) is 121 Å². The van der Waals surface area contributed by atoms with Crippen molar-refractivity contribution in [2.45, 2.75) is 52.4 Å². The van der Waals surface area contributed by atoms with Crippen LogP contribution in [0.4, 0.5) is 0 Å². The molecule has 6 aromatic heterocycles. The Morgan fingerprint density at radius 2 is 0.444 bits per heavy atom. The lowest BCUT2D eigenvalue weighted by Gasteiger charge is -2.02. The summed E-state index contributed by atoms with van der Waals surface area (Å²) in [5.74, 6) is 4.88. The lowest BCUT2D eigenvalue weighted by atomic mass is 10.0. The lowest BCUT2D eigenvalue weighted by Crippen LogP contribution is -1.87.